The molecule has 2 aromatic rings. The van der Waals surface area contributed by atoms with Gasteiger partial charge in [-0.2, -0.15) is 0 Å². The number of halogens is 1. The van der Waals surface area contributed by atoms with Crippen molar-refractivity contribution in [3.05, 3.63) is 71.6 Å². The predicted octanol–water partition coefficient (Wildman–Crippen LogP) is 5.18. The average molecular weight is 379 g/mol. The van der Waals surface area contributed by atoms with Crippen LogP contribution in [0.1, 0.15) is 36.8 Å². The number of anilines is 1. The molecule has 1 aliphatic carbocycles. The maximum absolute atomic E-state index is 13.3. The summed E-state index contributed by atoms with van der Waals surface area (Å²) in [6.45, 7) is 3.66. The number of hydrogen-bond acceptors (Lipinski definition) is 3. The van der Waals surface area contributed by atoms with E-state index >= 15 is 0 Å². The van der Waals surface area contributed by atoms with Gasteiger partial charge in [0.1, 0.15) is 11.7 Å². The molecule has 1 saturated heterocycles. The molecule has 0 radical (unpaired) electrons. The van der Waals surface area contributed by atoms with Crippen molar-refractivity contribution < 1.29 is 9.23 Å². The van der Waals surface area contributed by atoms with Gasteiger partial charge >= 0.3 is 0 Å². The van der Waals surface area contributed by atoms with Crippen molar-refractivity contribution in [3.8, 4) is 0 Å². The summed E-state index contributed by atoms with van der Waals surface area (Å²) in [5, 5.41) is 5.38. The highest BCUT2D eigenvalue weighted by atomic mass is 19.1. The fourth-order valence-electron chi connectivity index (χ4n) is 3.22. The van der Waals surface area contributed by atoms with Crippen molar-refractivity contribution in [1.82, 2.24) is 5.06 Å². The molecule has 2 aliphatic rings. The van der Waals surface area contributed by atoms with Crippen molar-refractivity contribution in [2.24, 2.45) is 4.99 Å². The second-order valence-corrected chi connectivity index (χ2v) is 7.37. The van der Waals surface area contributed by atoms with Crippen LogP contribution in [0.15, 0.2) is 59.6 Å². The molecule has 0 amide bonds. The van der Waals surface area contributed by atoms with Crippen LogP contribution in [-0.4, -0.2) is 30.1 Å². The fraction of sp³-hybridized carbons (Fsp3) is 0.348. The Morgan fingerprint density at radius 3 is 2.61 bits per heavy atom. The zero-order valence-corrected chi connectivity index (χ0v) is 16.2. The van der Waals surface area contributed by atoms with Crippen molar-refractivity contribution in [3.63, 3.8) is 0 Å². The lowest BCUT2D eigenvalue weighted by Crippen LogP contribution is -2.35. The molecule has 4 rings (SSSR count). The minimum Gasteiger partial charge on any atom is -0.355 e. The molecular weight excluding hydrogens is 353 g/mol. The summed E-state index contributed by atoms with van der Waals surface area (Å²) in [6.07, 6.45) is 6.51. The zero-order valence-electron chi connectivity index (χ0n) is 16.2. The number of benzene rings is 2. The van der Waals surface area contributed by atoms with E-state index in [1.807, 2.05) is 17.2 Å². The molecule has 0 unspecified atom stereocenters. The minimum atomic E-state index is -0.246. The normalized spacial score (nSPS) is 18.3. The Morgan fingerprint density at radius 2 is 1.93 bits per heavy atom. The van der Waals surface area contributed by atoms with E-state index in [-0.39, 0.29) is 5.82 Å². The third-order valence-corrected chi connectivity index (χ3v) is 4.95. The predicted molar refractivity (Wildman–Crippen MR) is 112 cm³/mol. The van der Waals surface area contributed by atoms with Crippen LogP contribution < -0.4 is 5.32 Å². The molecule has 0 bridgehead atoms. The molecule has 5 heteroatoms. The molecule has 2 fully saturated rings. The fourth-order valence-corrected chi connectivity index (χ4v) is 3.22. The third kappa shape index (κ3) is 4.78. The highest BCUT2D eigenvalue weighted by molar-refractivity contribution is 6.01. The zero-order chi connectivity index (χ0) is 19.3. The second-order valence-electron chi connectivity index (χ2n) is 7.37. The van der Waals surface area contributed by atoms with Crippen LogP contribution in [0.2, 0.25) is 0 Å². The Balaban J connectivity index is 1.71. The lowest BCUT2D eigenvalue weighted by atomic mass is 10.0. The smallest absolute Gasteiger partial charge is 0.150 e. The number of hydrogen-bond donors (Lipinski definition) is 1. The lowest BCUT2D eigenvalue weighted by Gasteiger charge is -2.28. The highest BCUT2D eigenvalue weighted by Gasteiger charge is 2.24. The van der Waals surface area contributed by atoms with Crippen molar-refractivity contribution in [2.45, 2.75) is 38.6 Å². The van der Waals surface area contributed by atoms with Crippen LogP contribution in [0, 0.1) is 12.7 Å². The van der Waals surface area contributed by atoms with Gasteiger partial charge in [0.25, 0.3) is 0 Å². The van der Waals surface area contributed by atoms with E-state index < -0.39 is 0 Å². The molecule has 2 aromatic carbocycles. The average Bonchev–Trinajstić information content (AvgIpc) is 3.54. The lowest BCUT2D eigenvalue weighted by molar-refractivity contribution is -0.122. The second kappa shape index (κ2) is 8.57. The van der Waals surface area contributed by atoms with E-state index in [4.69, 9.17) is 9.83 Å². The first-order chi connectivity index (χ1) is 13.7. The van der Waals surface area contributed by atoms with Gasteiger partial charge in [0.15, 0.2) is 0 Å². The summed E-state index contributed by atoms with van der Waals surface area (Å²) in [5.41, 5.74) is 4.01. The molecule has 0 aromatic heterocycles. The number of nitrogens with one attached hydrogen (secondary N) is 1. The summed E-state index contributed by atoms with van der Waals surface area (Å²) in [4.78, 5) is 10.8. The van der Waals surface area contributed by atoms with Gasteiger partial charge in [-0.1, -0.05) is 24.3 Å². The summed E-state index contributed by atoms with van der Waals surface area (Å²) >= 11 is 0. The van der Waals surface area contributed by atoms with E-state index in [1.165, 1.54) is 12.1 Å². The number of nitrogens with zero attached hydrogens (tertiary/aromatic N) is 2. The van der Waals surface area contributed by atoms with E-state index in [0.717, 1.165) is 67.2 Å². The Kier molecular flexibility index (Phi) is 5.72. The topological polar surface area (TPSA) is 36.9 Å². The molecule has 1 heterocycles. The van der Waals surface area contributed by atoms with Crippen LogP contribution in [-0.2, 0) is 4.84 Å². The first kappa shape index (κ1) is 18.7. The summed E-state index contributed by atoms with van der Waals surface area (Å²) in [6, 6.07) is 15.0. The standard InChI is InChI=1S/C23H26FN3O/c1-17-6-2-3-7-21(17)22(25-19-10-8-18(24)9-11-19)16-23(26-20-12-13-20)27-14-4-5-15-28-27/h2-3,6-11,16,20,25H,4-5,12-15H2,1H3/b22-16-,26-23-. The molecule has 1 saturated carbocycles. The van der Waals surface area contributed by atoms with Crippen molar-refractivity contribution in [1.29, 1.82) is 0 Å². The summed E-state index contributed by atoms with van der Waals surface area (Å²) in [5.74, 6) is 0.611. The quantitative estimate of drug-likeness (QED) is 0.575. The largest absolute Gasteiger partial charge is 0.355 e. The Bertz CT molecular complexity index is 866. The summed E-state index contributed by atoms with van der Waals surface area (Å²) < 4.78 is 13.3. The van der Waals surface area contributed by atoms with E-state index in [1.54, 1.807) is 12.1 Å². The molecule has 28 heavy (non-hydrogen) atoms. The van der Waals surface area contributed by atoms with E-state index in [0.29, 0.717) is 6.04 Å². The molecular formula is C23H26FN3O. The first-order valence-corrected chi connectivity index (χ1v) is 9.97. The van der Waals surface area contributed by atoms with Crippen LogP contribution >= 0.6 is 0 Å². The first-order valence-electron chi connectivity index (χ1n) is 9.97. The van der Waals surface area contributed by atoms with Gasteiger partial charge in [-0.15, -0.1) is 0 Å². The molecule has 1 aliphatic heterocycles. The Morgan fingerprint density at radius 1 is 1.14 bits per heavy atom. The van der Waals surface area contributed by atoms with Gasteiger partial charge in [-0.3, -0.25) is 9.83 Å². The number of hydroxylamine groups is 2. The molecule has 146 valence electrons. The molecule has 0 atom stereocenters. The Hall–Kier alpha value is -2.66. The Labute approximate surface area is 165 Å². The maximum atomic E-state index is 13.3. The van der Waals surface area contributed by atoms with Crippen molar-refractivity contribution in [2.75, 3.05) is 18.5 Å². The van der Waals surface area contributed by atoms with Gasteiger partial charge in [0, 0.05) is 29.6 Å². The summed E-state index contributed by atoms with van der Waals surface area (Å²) in [7, 11) is 0. The molecule has 1 N–H and O–H groups in total. The van der Waals surface area contributed by atoms with Crippen LogP contribution in [0.3, 0.4) is 0 Å². The van der Waals surface area contributed by atoms with Crippen LogP contribution in [0.25, 0.3) is 5.70 Å². The number of aryl methyl sites for hydroxylation is 1. The van der Waals surface area contributed by atoms with Crippen molar-refractivity contribution >= 4 is 17.2 Å². The van der Waals surface area contributed by atoms with Crippen LogP contribution in [0.5, 0.6) is 0 Å². The SMILES string of the molecule is Cc1ccccc1/C(=C/C(=N/C1CC1)N1CCCCO1)Nc1ccc(F)cc1. The van der Waals surface area contributed by atoms with E-state index in [9.17, 15) is 4.39 Å². The number of amidine groups is 1. The van der Waals surface area contributed by atoms with Gasteiger partial charge < -0.3 is 5.32 Å². The van der Waals surface area contributed by atoms with E-state index in [2.05, 4.69) is 30.4 Å². The monoisotopic (exact) mass is 379 g/mol. The van der Waals surface area contributed by atoms with Gasteiger partial charge in [0.05, 0.1) is 12.6 Å². The van der Waals surface area contributed by atoms with Crippen LogP contribution in [0.4, 0.5) is 10.1 Å². The maximum Gasteiger partial charge on any atom is 0.150 e. The number of rotatable bonds is 5. The van der Waals surface area contributed by atoms with Gasteiger partial charge in [-0.05, 0) is 62.4 Å². The van der Waals surface area contributed by atoms with Gasteiger partial charge in [0.2, 0.25) is 0 Å². The highest BCUT2D eigenvalue weighted by Crippen LogP contribution is 2.27. The molecule has 0 spiro atoms. The van der Waals surface area contributed by atoms with Gasteiger partial charge in [-0.25, -0.2) is 9.45 Å². The third-order valence-electron chi connectivity index (χ3n) is 4.95. The number of aliphatic imine (C=N–C) groups is 1. The minimum absolute atomic E-state index is 0.246. The molecule has 4 nitrogen and oxygen atoms in total.